The van der Waals surface area contributed by atoms with Crippen LogP contribution in [0.4, 0.5) is 0 Å². The average Bonchev–Trinajstić information content (AvgIpc) is 1.79. The second-order valence-electron chi connectivity index (χ2n) is 1.99. The smallest absolute Gasteiger partial charge is 1.00 e. The molecule has 62 valence electrons. The van der Waals surface area contributed by atoms with Gasteiger partial charge in [-0.15, -0.1) is 0 Å². The molecule has 0 aromatic rings. The standard InChI is InChI=1S/C6H10O4.Mg.2H/c7-5(8)3-1-2-4-6(9)10;;;/h1-4H2,(H,7,8)(H,9,10);;;/q;+2;2*-1. The predicted octanol–water partition coefficient (Wildman–Crippen LogP) is 0.560. The molecule has 0 rings (SSSR count). The molecular formula is C6H12MgO4. The van der Waals surface area contributed by atoms with Gasteiger partial charge in [0, 0.05) is 12.8 Å². The van der Waals surface area contributed by atoms with Crippen LogP contribution in [0.1, 0.15) is 28.5 Å². The summed E-state index contributed by atoms with van der Waals surface area (Å²) in [4.78, 5) is 19.8. The number of hydrogen-bond donors (Lipinski definition) is 2. The number of carboxylic acid groups (broad SMARTS) is 2. The third-order valence-electron chi connectivity index (χ3n) is 1.03. The summed E-state index contributed by atoms with van der Waals surface area (Å²) in [7, 11) is 0. The SMILES string of the molecule is O=C(O)CCCCC(=O)O.[H-].[H-].[Mg+2]. The largest absolute Gasteiger partial charge is 2.00 e. The van der Waals surface area contributed by atoms with Crippen LogP contribution in [-0.4, -0.2) is 45.2 Å². The molecule has 2 N–H and O–H groups in total. The Bertz CT molecular complexity index is 127. The zero-order valence-electron chi connectivity index (χ0n) is 8.25. The summed E-state index contributed by atoms with van der Waals surface area (Å²) in [6, 6.07) is 0. The number of carbonyl (C=O) groups is 2. The van der Waals surface area contributed by atoms with Gasteiger partial charge in [0.25, 0.3) is 0 Å². The van der Waals surface area contributed by atoms with Crippen molar-refractivity contribution >= 4 is 35.0 Å². The minimum atomic E-state index is -0.870. The third kappa shape index (κ3) is 12.8. The van der Waals surface area contributed by atoms with Crippen LogP contribution >= 0.6 is 0 Å². The molecular weight excluding hydrogens is 160 g/mol. The molecule has 0 spiro atoms. The van der Waals surface area contributed by atoms with E-state index >= 15 is 0 Å². The van der Waals surface area contributed by atoms with Crippen molar-refractivity contribution in [2.24, 2.45) is 0 Å². The molecule has 5 heteroatoms. The van der Waals surface area contributed by atoms with Crippen LogP contribution in [0.5, 0.6) is 0 Å². The molecule has 0 aliphatic carbocycles. The molecule has 0 bridgehead atoms. The van der Waals surface area contributed by atoms with Crippen molar-refractivity contribution < 1.29 is 22.7 Å². The van der Waals surface area contributed by atoms with Crippen LogP contribution in [0.3, 0.4) is 0 Å². The molecule has 0 aliphatic heterocycles. The number of rotatable bonds is 5. The predicted molar refractivity (Wildman–Crippen MR) is 41.7 cm³/mol. The fraction of sp³-hybridized carbons (Fsp3) is 0.667. The maximum Gasteiger partial charge on any atom is 2.00 e. The summed E-state index contributed by atoms with van der Waals surface area (Å²) in [6.07, 6.45) is 1.02. The second kappa shape index (κ2) is 7.81. The summed E-state index contributed by atoms with van der Waals surface area (Å²) in [5, 5.41) is 16.3. The van der Waals surface area contributed by atoms with E-state index in [-0.39, 0.29) is 38.7 Å². The first-order valence-corrected chi connectivity index (χ1v) is 3.06. The van der Waals surface area contributed by atoms with Crippen molar-refractivity contribution in [2.75, 3.05) is 0 Å². The van der Waals surface area contributed by atoms with Gasteiger partial charge in [0.1, 0.15) is 0 Å². The molecule has 0 unspecified atom stereocenters. The maximum absolute atomic E-state index is 9.90. The van der Waals surface area contributed by atoms with Crippen LogP contribution in [0.2, 0.25) is 0 Å². The minimum Gasteiger partial charge on any atom is -1.00 e. The molecule has 0 aromatic carbocycles. The van der Waals surface area contributed by atoms with E-state index in [0.717, 1.165) is 0 Å². The first-order chi connectivity index (χ1) is 4.63. The van der Waals surface area contributed by atoms with Gasteiger partial charge in [0.15, 0.2) is 0 Å². The van der Waals surface area contributed by atoms with Crippen molar-refractivity contribution in [3.63, 3.8) is 0 Å². The second-order valence-corrected chi connectivity index (χ2v) is 1.99. The van der Waals surface area contributed by atoms with Gasteiger partial charge in [-0.2, -0.15) is 0 Å². The summed E-state index contributed by atoms with van der Waals surface area (Å²) in [6.45, 7) is 0. The Hall–Kier alpha value is -0.294. The molecule has 0 heterocycles. The Labute approximate surface area is 83.7 Å². The van der Waals surface area contributed by atoms with Crippen molar-refractivity contribution in [1.82, 2.24) is 0 Å². The monoisotopic (exact) mass is 172 g/mol. The van der Waals surface area contributed by atoms with Gasteiger partial charge >= 0.3 is 35.0 Å². The Kier molecular flexibility index (Phi) is 9.45. The number of carboxylic acids is 2. The molecule has 0 fully saturated rings. The first kappa shape index (κ1) is 13.3. The van der Waals surface area contributed by atoms with Crippen LogP contribution in [0, 0.1) is 0 Å². The van der Waals surface area contributed by atoms with Gasteiger partial charge in [-0.05, 0) is 12.8 Å². The van der Waals surface area contributed by atoms with Crippen LogP contribution in [-0.2, 0) is 9.59 Å². The zero-order chi connectivity index (χ0) is 7.98. The van der Waals surface area contributed by atoms with Crippen molar-refractivity contribution in [1.29, 1.82) is 0 Å². The fourth-order valence-corrected chi connectivity index (χ4v) is 0.552. The molecule has 0 atom stereocenters. The van der Waals surface area contributed by atoms with E-state index in [0.29, 0.717) is 12.8 Å². The third-order valence-corrected chi connectivity index (χ3v) is 1.03. The van der Waals surface area contributed by atoms with Gasteiger partial charge in [0.05, 0.1) is 0 Å². The van der Waals surface area contributed by atoms with E-state index in [9.17, 15) is 9.59 Å². The van der Waals surface area contributed by atoms with Crippen LogP contribution < -0.4 is 0 Å². The first-order valence-electron chi connectivity index (χ1n) is 3.06. The molecule has 11 heavy (non-hydrogen) atoms. The van der Waals surface area contributed by atoms with E-state index in [1.54, 1.807) is 0 Å². The van der Waals surface area contributed by atoms with E-state index in [4.69, 9.17) is 10.2 Å². The molecule has 4 nitrogen and oxygen atoms in total. The zero-order valence-corrected chi connectivity index (χ0v) is 7.66. The van der Waals surface area contributed by atoms with E-state index < -0.39 is 11.9 Å². The van der Waals surface area contributed by atoms with Gasteiger partial charge < -0.3 is 13.1 Å². The van der Waals surface area contributed by atoms with Crippen molar-refractivity contribution in [3.05, 3.63) is 0 Å². The van der Waals surface area contributed by atoms with E-state index in [2.05, 4.69) is 0 Å². The Balaban J connectivity index is -0.000000135. The average molecular weight is 172 g/mol. The fourth-order valence-electron chi connectivity index (χ4n) is 0.552. The molecule has 0 saturated carbocycles. The Morgan fingerprint density at radius 3 is 1.45 bits per heavy atom. The number of unbranched alkanes of at least 4 members (excludes halogenated alkanes) is 1. The van der Waals surface area contributed by atoms with Gasteiger partial charge in [0.2, 0.25) is 0 Å². The maximum atomic E-state index is 9.90. The molecule has 0 aromatic heterocycles. The van der Waals surface area contributed by atoms with Gasteiger partial charge in [-0.1, -0.05) is 0 Å². The normalized spacial score (nSPS) is 8.36. The molecule has 0 amide bonds. The van der Waals surface area contributed by atoms with Crippen molar-refractivity contribution in [3.8, 4) is 0 Å². The summed E-state index contributed by atoms with van der Waals surface area (Å²) >= 11 is 0. The summed E-state index contributed by atoms with van der Waals surface area (Å²) < 4.78 is 0. The molecule has 0 saturated heterocycles. The van der Waals surface area contributed by atoms with Crippen molar-refractivity contribution in [2.45, 2.75) is 25.7 Å². The quantitative estimate of drug-likeness (QED) is 0.469. The van der Waals surface area contributed by atoms with E-state index in [1.807, 2.05) is 0 Å². The minimum absolute atomic E-state index is 0. The Morgan fingerprint density at radius 2 is 1.27 bits per heavy atom. The number of hydrogen-bond acceptors (Lipinski definition) is 2. The topological polar surface area (TPSA) is 74.6 Å². The van der Waals surface area contributed by atoms with Gasteiger partial charge in [-0.25, -0.2) is 0 Å². The summed E-state index contributed by atoms with van der Waals surface area (Å²) in [5.74, 6) is -1.74. The van der Waals surface area contributed by atoms with Crippen LogP contribution in [0.25, 0.3) is 0 Å². The molecule has 0 aliphatic rings. The van der Waals surface area contributed by atoms with Crippen LogP contribution in [0.15, 0.2) is 0 Å². The molecule has 0 radical (unpaired) electrons. The number of aliphatic carboxylic acids is 2. The van der Waals surface area contributed by atoms with Gasteiger partial charge in [-0.3, -0.25) is 9.59 Å². The van der Waals surface area contributed by atoms with E-state index in [1.165, 1.54) is 0 Å². The Morgan fingerprint density at radius 1 is 1.00 bits per heavy atom. The summed E-state index contributed by atoms with van der Waals surface area (Å²) in [5.41, 5.74) is 0.